The molecule has 0 saturated carbocycles. The van der Waals surface area contributed by atoms with Crippen LogP contribution in [0.3, 0.4) is 0 Å². The summed E-state index contributed by atoms with van der Waals surface area (Å²) in [5.41, 5.74) is 1.50. The molecule has 2 rings (SSSR count). The van der Waals surface area contributed by atoms with Gasteiger partial charge in [-0.15, -0.1) is 0 Å². The van der Waals surface area contributed by atoms with Crippen molar-refractivity contribution in [2.75, 3.05) is 12.9 Å². The molecular formula is C26H29NO9S. The quantitative estimate of drug-likeness (QED) is 0.322. The summed E-state index contributed by atoms with van der Waals surface area (Å²) in [5, 5.41) is 2.60. The van der Waals surface area contributed by atoms with Crippen LogP contribution in [0.2, 0.25) is 0 Å². The lowest BCUT2D eigenvalue weighted by Crippen LogP contribution is -2.49. The van der Waals surface area contributed by atoms with E-state index in [1.54, 1.807) is 0 Å². The maximum atomic E-state index is 13.1. The molecule has 0 aliphatic rings. The topological polar surface area (TPSA) is 134 Å². The smallest absolute Gasteiger partial charge is 0.329 e. The number of hydrogen-bond acceptors (Lipinski definition) is 10. The van der Waals surface area contributed by atoms with E-state index in [1.165, 1.54) is 50.9 Å². The van der Waals surface area contributed by atoms with E-state index in [4.69, 9.17) is 18.9 Å². The largest absolute Gasteiger partial charge is 0.467 e. The molecule has 2 aromatic rings. The van der Waals surface area contributed by atoms with E-state index in [9.17, 15) is 24.0 Å². The van der Waals surface area contributed by atoms with Gasteiger partial charge in [-0.1, -0.05) is 36.4 Å². The Hall–Kier alpha value is -3.86. The first-order chi connectivity index (χ1) is 17.6. The molecule has 2 aromatic carbocycles. The molecule has 0 fully saturated rings. The van der Waals surface area contributed by atoms with E-state index in [0.717, 1.165) is 12.5 Å². The van der Waals surface area contributed by atoms with Gasteiger partial charge in [-0.2, -0.15) is 11.8 Å². The van der Waals surface area contributed by atoms with Crippen molar-refractivity contribution in [1.82, 2.24) is 5.32 Å². The van der Waals surface area contributed by atoms with Crippen molar-refractivity contribution in [2.45, 2.75) is 45.1 Å². The predicted molar refractivity (Wildman–Crippen MR) is 135 cm³/mol. The Morgan fingerprint density at radius 1 is 0.838 bits per heavy atom. The number of esters is 4. The Balaban J connectivity index is 2.17. The van der Waals surface area contributed by atoms with Gasteiger partial charge in [0.05, 0.1) is 7.11 Å². The van der Waals surface area contributed by atoms with E-state index >= 15 is 0 Å². The van der Waals surface area contributed by atoms with Gasteiger partial charge in [0.2, 0.25) is 0 Å². The molecule has 1 N–H and O–H groups in total. The molecule has 10 nitrogen and oxygen atoms in total. The maximum absolute atomic E-state index is 13.1. The van der Waals surface area contributed by atoms with Crippen LogP contribution in [-0.4, -0.2) is 54.8 Å². The number of amides is 1. The van der Waals surface area contributed by atoms with Gasteiger partial charge >= 0.3 is 23.9 Å². The summed E-state index contributed by atoms with van der Waals surface area (Å²) >= 11 is 1.43. The lowest BCUT2D eigenvalue weighted by molar-refractivity contribution is -0.155. The monoisotopic (exact) mass is 531 g/mol. The second kappa shape index (κ2) is 14.6. The highest BCUT2D eigenvalue weighted by Crippen LogP contribution is 2.29. The zero-order valence-corrected chi connectivity index (χ0v) is 21.8. The number of thioether (sulfide) groups is 1. The van der Waals surface area contributed by atoms with Crippen molar-refractivity contribution in [3.63, 3.8) is 0 Å². The Bertz CT molecular complexity index is 1120. The highest BCUT2D eigenvalue weighted by Gasteiger charge is 2.29. The van der Waals surface area contributed by atoms with E-state index in [1.807, 2.05) is 30.3 Å². The first-order valence-corrected chi connectivity index (χ1v) is 12.4. The maximum Gasteiger partial charge on any atom is 0.329 e. The first kappa shape index (κ1) is 29.4. The number of ether oxygens (including phenoxy) is 4. The molecular weight excluding hydrogens is 502 g/mol. The van der Waals surface area contributed by atoms with Gasteiger partial charge in [-0.3, -0.25) is 19.2 Å². The number of methoxy groups -OCH3 is 1. The lowest BCUT2D eigenvalue weighted by Gasteiger charge is -2.21. The number of benzene rings is 2. The molecule has 2 atom stereocenters. The van der Waals surface area contributed by atoms with Gasteiger partial charge in [-0.25, -0.2) is 4.79 Å². The van der Waals surface area contributed by atoms with E-state index in [0.29, 0.717) is 11.3 Å². The number of carbonyl (C=O) groups is 5. The molecule has 198 valence electrons. The molecule has 2 unspecified atom stereocenters. The fourth-order valence-corrected chi connectivity index (χ4v) is 4.20. The van der Waals surface area contributed by atoms with Crippen LogP contribution in [0.15, 0.2) is 48.5 Å². The molecule has 0 saturated heterocycles. The zero-order valence-electron chi connectivity index (χ0n) is 21.0. The molecule has 0 radical (unpaired) electrons. The second-order valence-electron chi connectivity index (χ2n) is 7.86. The van der Waals surface area contributed by atoms with Gasteiger partial charge in [0, 0.05) is 38.7 Å². The lowest BCUT2D eigenvalue weighted by atomic mass is 10.1. The zero-order chi connectivity index (χ0) is 27.4. The van der Waals surface area contributed by atoms with Crippen LogP contribution in [0.25, 0.3) is 0 Å². The van der Waals surface area contributed by atoms with Gasteiger partial charge in [0.1, 0.15) is 6.04 Å². The number of carbonyl (C=O) groups excluding carboxylic acids is 5. The van der Waals surface area contributed by atoms with Crippen LogP contribution in [0.4, 0.5) is 0 Å². The average Bonchev–Trinajstić information content (AvgIpc) is 2.83. The summed E-state index contributed by atoms with van der Waals surface area (Å²) in [5.74, 6) is -2.48. The first-order valence-electron chi connectivity index (χ1n) is 11.3. The van der Waals surface area contributed by atoms with Crippen LogP contribution in [0.5, 0.6) is 11.5 Å². The van der Waals surface area contributed by atoms with E-state index in [-0.39, 0.29) is 23.7 Å². The normalized spacial score (nSPS) is 12.0. The molecule has 0 bridgehead atoms. The minimum atomic E-state index is -1.30. The second-order valence-corrected chi connectivity index (χ2v) is 8.89. The van der Waals surface area contributed by atoms with E-state index in [2.05, 4.69) is 5.32 Å². The van der Waals surface area contributed by atoms with Gasteiger partial charge in [0.15, 0.2) is 17.6 Å². The summed E-state index contributed by atoms with van der Waals surface area (Å²) in [4.78, 5) is 59.9. The van der Waals surface area contributed by atoms with Crippen molar-refractivity contribution in [3.8, 4) is 11.5 Å². The summed E-state index contributed by atoms with van der Waals surface area (Å²) < 4.78 is 20.2. The van der Waals surface area contributed by atoms with Crippen molar-refractivity contribution in [2.24, 2.45) is 0 Å². The summed E-state index contributed by atoms with van der Waals surface area (Å²) in [6.07, 6.45) is -1.40. The van der Waals surface area contributed by atoms with Crippen molar-refractivity contribution < 1.29 is 42.9 Å². The number of nitrogens with one attached hydrogen (secondary N) is 1. The summed E-state index contributed by atoms with van der Waals surface area (Å²) in [7, 11) is 1.22. The third kappa shape index (κ3) is 10.3. The minimum Gasteiger partial charge on any atom is -0.467 e. The number of rotatable bonds is 12. The van der Waals surface area contributed by atoms with Crippen LogP contribution >= 0.6 is 11.8 Å². The molecule has 37 heavy (non-hydrogen) atoms. The van der Waals surface area contributed by atoms with Crippen molar-refractivity contribution >= 4 is 41.5 Å². The Kier molecular flexibility index (Phi) is 11.6. The van der Waals surface area contributed by atoms with Crippen molar-refractivity contribution in [1.29, 1.82) is 0 Å². The number of hydrogen-bond donors (Lipinski definition) is 1. The summed E-state index contributed by atoms with van der Waals surface area (Å²) in [6, 6.07) is 13.0. The molecule has 0 aromatic heterocycles. The van der Waals surface area contributed by atoms with Crippen LogP contribution in [0, 0.1) is 0 Å². The molecule has 0 aliphatic carbocycles. The SMILES string of the molecule is COC(=O)C(CSCc1ccccc1)NC(=O)C(Cc1ccc(OC(C)=O)c(OC(C)=O)c1)OC(C)=O. The van der Waals surface area contributed by atoms with Crippen LogP contribution in [0.1, 0.15) is 31.9 Å². The Labute approximate surface area is 219 Å². The van der Waals surface area contributed by atoms with Crippen LogP contribution in [-0.2, 0) is 45.6 Å². The standard InChI is InChI=1S/C26H29NO9S/c1-16(28)34-22-11-10-20(12-23(22)35-17(2)29)13-24(36-18(3)30)25(31)27-21(26(32)33-4)15-37-14-19-8-6-5-7-9-19/h5-12,21,24H,13-15H2,1-4H3,(H,27,31). The fourth-order valence-electron chi connectivity index (χ4n) is 3.20. The Morgan fingerprint density at radius 2 is 1.49 bits per heavy atom. The Morgan fingerprint density at radius 3 is 2.08 bits per heavy atom. The molecule has 0 heterocycles. The highest BCUT2D eigenvalue weighted by atomic mass is 32.2. The van der Waals surface area contributed by atoms with Crippen LogP contribution < -0.4 is 14.8 Å². The van der Waals surface area contributed by atoms with Gasteiger partial charge in [-0.05, 0) is 23.3 Å². The van der Waals surface area contributed by atoms with E-state index < -0.39 is 41.9 Å². The summed E-state index contributed by atoms with van der Waals surface area (Å²) in [6.45, 7) is 3.53. The predicted octanol–water partition coefficient (Wildman–Crippen LogP) is 2.60. The van der Waals surface area contributed by atoms with Gasteiger partial charge < -0.3 is 24.3 Å². The third-order valence-corrected chi connectivity index (χ3v) is 5.84. The average molecular weight is 532 g/mol. The molecule has 0 aliphatic heterocycles. The van der Waals surface area contributed by atoms with Crippen molar-refractivity contribution in [3.05, 3.63) is 59.7 Å². The third-order valence-electron chi connectivity index (χ3n) is 4.74. The fraction of sp³-hybridized carbons (Fsp3) is 0.346. The minimum absolute atomic E-state index is 0.0149. The van der Waals surface area contributed by atoms with Gasteiger partial charge in [0.25, 0.3) is 5.91 Å². The highest BCUT2D eigenvalue weighted by molar-refractivity contribution is 7.98. The molecule has 11 heteroatoms. The molecule has 1 amide bonds. The molecule has 0 spiro atoms.